The van der Waals surface area contributed by atoms with Crippen LogP contribution in [0.3, 0.4) is 0 Å². The number of ether oxygens (including phenoxy) is 2. The van der Waals surface area contributed by atoms with E-state index in [0.717, 1.165) is 22.1 Å². The Morgan fingerprint density at radius 1 is 1.16 bits per heavy atom. The van der Waals surface area contributed by atoms with Crippen molar-refractivity contribution in [2.24, 2.45) is 0 Å². The second kappa shape index (κ2) is 11.0. The van der Waals surface area contributed by atoms with Crippen LogP contribution >= 0.6 is 0 Å². The first kappa shape index (κ1) is 21.2. The number of nitrogens with zero attached hydrogens (tertiary/aromatic N) is 7. The summed E-state index contributed by atoms with van der Waals surface area (Å²) in [5, 5.41) is 12.8. The number of hydrogen-bond donors (Lipinski definition) is 1. The largest absolute Gasteiger partial charge is 0.491 e. The van der Waals surface area contributed by atoms with Crippen molar-refractivity contribution in [3.05, 3.63) is 54.9 Å². The van der Waals surface area contributed by atoms with Gasteiger partial charge in [-0.05, 0) is 41.5 Å². The first-order chi connectivity index (χ1) is 19.2. The summed E-state index contributed by atoms with van der Waals surface area (Å²) in [6.07, 6.45) is 4.42. The molecule has 1 fully saturated rings. The molecule has 11 heteroatoms. The van der Waals surface area contributed by atoms with E-state index in [1.807, 2.05) is 16.7 Å². The summed E-state index contributed by atoms with van der Waals surface area (Å²) < 4.78 is 49.2. The third-order valence-corrected chi connectivity index (χ3v) is 6.41. The number of rotatable bonds is 9. The lowest BCUT2D eigenvalue weighted by molar-refractivity contribution is 0.0194. The first-order valence-corrected chi connectivity index (χ1v) is 12.2. The van der Waals surface area contributed by atoms with Gasteiger partial charge in [0, 0.05) is 31.4 Å². The van der Waals surface area contributed by atoms with Gasteiger partial charge in [0.1, 0.15) is 42.8 Å². The van der Waals surface area contributed by atoms with E-state index in [0.29, 0.717) is 37.3 Å². The molecule has 0 unspecified atom stereocenters. The molecule has 2 atom stereocenters. The van der Waals surface area contributed by atoms with Crippen molar-refractivity contribution in [3.8, 4) is 5.75 Å². The van der Waals surface area contributed by atoms with Crippen molar-refractivity contribution < 1.29 is 18.0 Å². The third-order valence-electron chi connectivity index (χ3n) is 6.41. The molecule has 1 aliphatic heterocycles. The van der Waals surface area contributed by atoms with Crippen LogP contribution in [0.4, 0.5) is 22.0 Å². The molecule has 0 radical (unpaired) electrons. The monoisotopic (exact) mass is 509 g/mol. The fourth-order valence-corrected chi connectivity index (χ4v) is 4.43. The molecule has 1 N–H and O–H groups in total. The summed E-state index contributed by atoms with van der Waals surface area (Å²) in [6.45, 7) is 5.66. The van der Waals surface area contributed by atoms with Crippen LogP contribution in [0.2, 0.25) is 0 Å². The summed E-state index contributed by atoms with van der Waals surface area (Å²) >= 11 is 0. The van der Waals surface area contributed by atoms with Gasteiger partial charge < -0.3 is 24.3 Å². The second-order valence-electron chi connectivity index (χ2n) is 9.24. The lowest BCUT2D eigenvalue weighted by Gasteiger charge is -2.33. The highest BCUT2D eigenvalue weighted by molar-refractivity contribution is 5.92. The van der Waals surface area contributed by atoms with Crippen LogP contribution in [-0.2, 0) is 11.3 Å². The van der Waals surface area contributed by atoms with E-state index in [1.54, 1.807) is 36.0 Å². The van der Waals surface area contributed by atoms with E-state index in [-0.39, 0.29) is 18.9 Å². The van der Waals surface area contributed by atoms with Gasteiger partial charge in [-0.1, -0.05) is 19.9 Å². The molecule has 3 aromatic heterocycles. The molecule has 4 aromatic rings. The summed E-state index contributed by atoms with van der Waals surface area (Å²) in [6, 6.07) is 7.72. The number of halogens is 1. The van der Waals surface area contributed by atoms with E-state index >= 15 is 0 Å². The van der Waals surface area contributed by atoms with Gasteiger partial charge in [-0.2, -0.15) is 4.98 Å². The van der Waals surface area contributed by atoms with E-state index in [2.05, 4.69) is 50.4 Å². The molecule has 1 saturated heterocycles. The minimum absolute atomic E-state index is 0.0592. The van der Waals surface area contributed by atoms with Crippen molar-refractivity contribution in [2.45, 2.75) is 45.0 Å². The van der Waals surface area contributed by atoms with E-state index in [1.165, 1.54) is 0 Å². The van der Waals surface area contributed by atoms with Crippen LogP contribution in [0.25, 0.3) is 10.8 Å². The average Bonchev–Trinajstić information content (AvgIpc) is 3.43. The molecule has 0 bridgehead atoms. The maximum Gasteiger partial charge on any atom is 0.227 e. The summed E-state index contributed by atoms with van der Waals surface area (Å²) in [5.74, 6) is 2.45. The van der Waals surface area contributed by atoms with Gasteiger partial charge in [-0.25, -0.2) is 14.4 Å². The highest BCUT2D eigenvalue weighted by Crippen LogP contribution is 2.34. The van der Waals surface area contributed by atoms with Gasteiger partial charge in [0.2, 0.25) is 5.95 Å². The van der Waals surface area contributed by atoms with Crippen molar-refractivity contribution in [3.63, 3.8) is 0 Å². The average molecular weight is 510 g/mol. The normalized spacial score (nSPS) is 19.5. The maximum atomic E-state index is 14.7. The Hall–Kier alpha value is -3.86. The number of methoxy groups -OCH3 is 1. The molecule has 0 amide bonds. The lowest BCUT2D eigenvalue weighted by Crippen LogP contribution is -2.46. The van der Waals surface area contributed by atoms with Gasteiger partial charge in [0.15, 0.2) is 0 Å². The number of anilines is 3. The van der Waals surface area contributed by atoms with Crippen LogP contribution in [-0.4, -0.2) is 68.7 Å². The van der Waals surface area contributed by atoms with Crippen molar-refractivity contribution in [1.82, 2.24) is 29.7 Å². The quantitative estimate of drug-likeness (QED) is 0.357. The van der Waals surface area contributed by atoms with Crippen molar-refractivity contribution >= 4 is 28.4 Å². The number of fused-ring (bicyclic) bond motifs is 1. The SMILES string of the molecule is [2H]C([2H])([2H])O[C@@H]1CCN(c2nccc(Nc3cc4c(C(C)C)ccc(OCCn5cnnc5)c4cn3)n2)C[C@@H]1F. The number of nitrogens with one attached hydrogen (secondary N) is 1. The molecule has 194 valence electrons. The Bertz CT molecular complexity index is 1440. The minimum Gasteiger partial charge on any atom is -0.491 e. The number of pyridine rings is 1. The predicted octanol–water partition coefficient (Wildman–Crippen LogP) is 4.13. The Balaban J connectivity index is 1.32. The highest BCUT2D eigenvalue weighted by atomic mass is 19.1. The predicted molar refractivity (Wildman–Crippen MR) is 139 cm³/mol. The maximum absolute atomic E-state index is 14.7. The zero-order valence-corrected chi connectivity index (χ0v) is 20.7. The number of aromatic nitrogens is 6. The van der Waals surface area contributed by atoms with Crippen molar-refractivity contribution in [1.29, 1.82) is 0 Å². The summed E-state index contributed by atoms with van der Waals surface area (Å²) in [5.41, 5.74) is 1.16. The topological polar surface area (TPSA) is 103 Å². The van der Waals surface area contributed by atoms with Crippen LogP contribution in [0.15, 0.2) is 49.3 Å². The lowest BCUT2D eigenvalue weighted by atomic mass is 9.96. The number of alkyl halides is 1. The van der Waals surface area contributed by atoms with E-state index in [9.17, 15) is 4.39 Å². The molecule has 4 heterocycles. The molecular formula is C26H31FN8O2. The Morgan fingerprint density at radius 2 is 2.03 bits per heavy atom. The van der Waals surface area contributed by atoms with Crippen LogP contribution in [0.5, 0.6) is 5.75 Å². The molecular weight excluding hydrogens is 475 g/mol. The van der Waals surface area contributed by atoms with Gasteiger partial charge in [0.25, 0.3) is 0 Å². The molecule has 10 nitrogen and oxygen atoms in total. The minimum atomic E-state index is -2.63. The molecule has 0 saturated carbocycles. The standard InChI is InChI=1S/C26H31FN8O2/c1-17(2)18-4-5-22(37-11-10-34-15-30-31-16-34)20-13-29-25(12-19(18)20)32-24-6-8-28-26(33-24)35-9-7-23(36-3)21(27)14-35/h4-6,8,12-13,15-17,21,23H,7,9-11,14H2,1-3H3,(H,28,29,32,33)/t21-,23+/m0/s1/i3D3. The summed E-state index contributed by atoms with van der Waals surface area (Å²) in [7, 11) is -2.63. The number of benzene rings is 1. The highest BCUT2D eigenvalue weighted by Gasteiger charge is 2.30. The van der Waals surface area contributed by atoms with E-state index in [4.69, 9.17) is 13.6 Å². The zero-order valence-electron chi connectivity index (χ0n) is 23.7. The molecule has 0 aliphatic carbocycles. The number of hydrogen-bond acceptors (Lipinski definition) is 9. The van der Waals surface area contributed by atoms with Gasteiger partial charge >= 0.3 is 0 Å². The smallest absolute Gasteiger partial charge is 0.227 e. The fourth-order valence-electron chi connectivity index (χ4n) is 4.43. The molecule has 1 aromatic carbocycles. The first-order valence-electron chi connectivity index (χ1n) is 13.7. The Labute approximate surface area is 219 Å². The molecule has 37 heavy (non-hydrogen) atoms. The third kappa shape index (κ3) is 5.61. The Kier molecular flexibility index (Phi) is 6.34. The molecule has 5 rings (SSSR count). The number of piperidine rings is 1. The van der Waals surface area contributed by atoms with Crippen LogP contribution in [0.1, 0.15) is 35.9 Å². The fraction of sp³-hybridized carbons (Fsp3) is 0.423. The zero-order chi connectivity index (χ0) is 28.3. The Morgan fingerprint density at radius 3 is 2.81 bits per heavy atom. The molecule has 1 aliphatic rings. The van der Waals surface area contributed by atoms with Gasteiger partial charge in [-0.15, -0.1) is 10.2 Å². The van der Waals surface area contributed by atoms with Gasteiger partial charge in [0.05, 0.1) is 23.3 Å². The van der Waals surface area contributed by atoms with Crippen molar-refractivity contribution in [2.75, 3.05) is 37.0 Å². The van der Waals surface area contributed by atoms with E-state index < -0.39 is 19.3 Å². The van der Waals surface area contributed by atoms with Gasteiger partial charge in [-0.3, -0.25) is 0 Å². The molecule has 0 spiro atoms. The van der Waals surface area contributed by atoms with Crippen LogP contribution in [0, 0.1) is 0 Å². The second-order valence-corrected chi connectivity index (χ2v) is 9.24. The van der Waals surface area contributed by atoms with Crippen LogP contribution < -0.4 is 15.0 Å². The summed E-state index contributed by atoms with van der Waals surface area (Å²) in [4.78, 5) is 15.1.